The molecule has 2 atom stereocenters. The zero-order valence-corrected chi connectivity index (χ0v) is 18.6. The second kappa shape index (κ2) is 8.63. The first-order valence-corrected chi connectivity index (χ1v) is 11.4. The van der Waals surface area contributed by atoms with Crippen LogP contribution in [0.15, 0.2) is 47.4 Å². The van der Waals surface area contributed by atoms with E-state index >= 15 is 0 Å². The molecule has 2 aliphatic heterocycles. The molecular weight excluding hydrogens is 414 g/mol. The number of hydrogen-bond donors (Lipinski definition) is 1. The monoisotopic (exact) mass is 439 g/mol. The number of piperidine rings is 1. The van der Waals surface area contributed by atoms with E-state index in [1.54, 1.807) is 34.9 Å². The molecule has 2 heterocycles. The van der Waals surface area contributed by atoms with Crippen LogP contribution in [0.5, 0.6) is 5.75 Å². The maximum absolute atomic E-state index is 13.0. The van der Waals surface area contributed by atoms with Gasteiger partial charge in [0.15, 0.2) is 0 Å². The van der Waals surface area contributed by atoms with Gasteiger partial charge >= 0.3 is 6.03 Å². The summed E-state index contributed by atoms with van der Waals surface area (Å²) in [6.45, 7) is 2.38. The molecule has 0 aliphatic carbocycles. The van der Waals surface area contributed by atoms with Crippen LogP contribution in [0.1, 0.15) is 28.8 Å². The summed E-state index contributed by atoms with van der Waals surface area (Å²) in [6.07, 6.45) is 2.94. The van der Waals surface area contributed by atoms with Crippen molar-refractivity contribution in [1.82, 2.24) is 10.2 Å². The van der Waals surface area contributed by atoms with Crippen LogP contribution < -0.4 is 15.0 Å². The molecule has 7 nitrogen and oxygen atoms in total. The van der Waals surface area contributed by atoms with E-state index in [0.29, 0.717) is 36.4 Å². The molecule has 2 saturated heterocycles. The topological polar surface area (TPSA) is 79.0 Å². The molecule has 0 unspecified atom stereocenters. The van der Waals surface area contributed by atoms with Gasteiger partial charge in [-0.15, -0.1) is 11.8 Å². The first kappa shape index (κ1) is 21.2. The summed E-state index contributed by atoms with van der Waals surface area (Å²) in [4.78, 5) is 42.6. The number of methoxy groups -OCH3 is 1. The van der Waals surface area contributed by atoms with Crippen molar-refractivity contribution in [2.24, 2.45) is 0 Å². The Hall–Kier alpha value is -3.00. The first-order valence-electron chi connectivity index (χ1n) is 10.2. The van der Waals surface area contributed by atoms with Crippen LogP contribution >= 0.6 is 11.8 Å². The number of nitrogens with one attached hydrogen (secondary N) is 1. The zero-order valence-electron chi connectivity index (χ0n) is 17.8. The zero-order chi connectivity index (χ0) is 22.1. The molecule has 0 bridgehead atoms. The van der Waals surface area contributed by atoms with Crippen LogP contribution in [0.4, 0.5) is 10.5 Å². The molecule has 31 heavy (non-hydrogen) atoms. The minimum absolute atomic E-state index is 0.201. The van der Waals surface area contributed by atoms with Crippen LogP contribution in [-0.4, -0.2) is 54.7 Å². The van der Waals surface area contributed by atoms with E-state index in [2.05, 4.69) is 5.32 Å². The van der Waals surface area contributed by atoms with Gasteiger partial charge in [-0.25, -0.2) is 9.69 Å². The number of nitrogens with zero attached hydrogens (tertiary/aromatic N) is 2. The Labute approximate surface area is 185 Å². The molecule has 8 heteroatoms. The molecule has 2 fully saturated rings. The summed E-state index contributed by atoms with van der Waals surface area (Å²) in [5.74, 6) is 0.0317. The Balaban J connectivity index is 1.47. The lowest BCUT2D eigenvalue weighted by atomic mass is 9.97. The van der Waals surface area contributed by atoms with E-state index in [-0.39, 0.29) is 23.9 Å². The number of amides is 4. The summed E-state index contributed by atoms with van der Waals surface area (Å²) < 4.78 is 5.38. The largest absolute Gasteiger partial charge is 0.496 e. The van der Waals surface area contributed by atoms with Crippen molar-refractivity contribution in [3.63, 3.8) is 0 Å². The fourth-order valence-electron chi connectivity index (χ4n) is 4.11. The minimum Gasteiger partial charge on any atom is -0.496 e. The van der Waals surface area contributed by atoms with Crippen LogP contribution in [0.3, 0.4) is 0 Å². The predicted octanol–water partition coefficient (Wildman–Crippen LogP) is 3.46. The summed E-state index contributed by atoms with van der Waals surface area (Å²) in [6, 6.07) is 11.7. The smallest absolute Gasteiger partial charge is 0.332 e. The molecule has 2 aromatic carbocycles. The van der Waals surface area contributed by atoms with Gasteiger partial charge in [-0.1, -0.05) is 17.7 Å². The Kier molecular flexibility index (Phi) is 5.91. The van der Waals surface area contributed by atoms with E-state index < -0.39 is 6.04 Å². The summed E-state index contributed by atoms with van der Waals surface area (Å²) in [5, 5.41) is 3.02. The third kappa shape index (κ3) is 3.99. The highest BCUT2D eigenvalue weighted by molar-refractivity contribution is 7.98. The Morgan fingerprint density at radius 2 is 1.90 bits per heavy atom. The highest BCUT2D eigenvalue weighted by Gasteiger charge is 2.48. The van der Waals surface area contributed by atoms with Crippen molar-refractivity contribution < 1.29 is 19.1 Å². The number of urea groups is 1. The van der Waals surface area contributed by atoms with Crippen molar-refractivity contribution in [2.45, 2.75) is 36.7 Å². The molecule has 0 spiro atoms. The number of aryl methyl sites for hydroxylation is 1. The third-order valence-corrected chi connectivity index (χ3v) is 6.55. The lowest BCUT2D eigenvalue weighted by Gasteiger charge is -2.32. The average Bonchev–Trinajstić information content (AvgIpc) is 3.03. The number of thioether (sulfide) groups is 1. The number of benzene rings is 2. The minimum atomic E-state index is -0.561. The molecule has 0 aromatic heterocycles. The van der Waals surface area contributed by atoms with E-state index in [1.165, 1.54) is 12.0 Å². The number of ether oxygens (including phenoxy) is 1. The van der Waals surface area contributed by atoms with Crippen molar-refractivity contribution in [3.8, 4) is 5.75 Å². The van der Waals surface area contributed by atoms with Crippen LogP contribution in [-0.2, 0) is 4.79 Å². The van der Waals surface area contributed by atoms with Crippen molar-refractivity contribution in [2.75, 3.05) is 24.8 Å². The predicted molar refractivity (Wildman–Crippen MR) is 120 cm³/mol. The first-order chi connectivity index (χ1) is 14.9. The fourth-order valence-corrected chi connectivity index (χ4v) is 4.54. The standard InChI is InChI=1S/C23H25N3O4S/c1-14-4-6-16(7-5-14)26-22(28)19-12-15(10-11-25(19)23(26)29)24-21(27)18-9-8-17(31-3)13-20(18)30-2/h4-9,13,15,19H,10-12H2,1-3H3,(H,24,27)/t15-,19+/m0/s1. The molecular formula is C23H25N3O4S. The average molecular weight is 440 g/mol. The van der Waals surface area contributed by atoms with Gasteiger partial charge in [0.2, 0.25) is 0 Å². The SMILES string of the molecule is COc1cc(SC)ccc1C(=O)N[C@H]1CCN2C(=O)N(c3ccc(C)cc3)C(=O)[C@H]2C1. The summed E-state index contributed by atoms with van der Waals surface area (Å²) in [7, 11) is 1.54. The van der Waals surface area contributed by atoms with Crippen LogP contribution in [0, 0.1) is 6.92 Å². The summed E-state index contributed by atoms with van der Waals surface area (Å²) >= 11 is 1.57. The second-order valence-corrected chi connectivity index (χ2v) is 8.64. The van der Waals surface area contributed by atoms with Crippen LogP contribution in [0.25, 0.3) is 0 Å². The van der Waals surface area contributed by atoms with Gasteiger partial charge < -0.3 is 15.0 Å². The molecule has 4 amide bonds. The molecule has 0 radical (unpaired) electrons. The Morgan fingerprint density at radius 3 is 2.58 bits per heavy atom. The Bertz CT molecular complexity index is 1020. The maximum Gasteiger partial charge on any atom is 0.332 e. The summed E-state index contributed by atoms with van der Waals surface area (Å²) in [5.41, 5.74) is 2.09. The molecule has 2 aromatic rings. The number of fused-ring (bicyclic) bond motifs is 1. The van der Waals surface area contributed by atoms with Crippen LogP contribution in [0.2, 0.25) is 0 Å². The number of anilines is 1. The highest BCUT2D eigenvalue weighted by atomic mass is 32.2. The van der Waals surface area contributed by atoms with Gasteiger partial charge in [0.05, 0.1) is 18.4 Å². The molecule has 2 aliphatic rings. The lowest BCUT2D eigenvalue weighted by molar-refractivity contribution is -0.120. The Morgan fingerprint density at radius 1 is 1.16 bits per heavy atom. The number of rotatable bonds is 5. The van der Waals surface area contributed by atoms with Gasteiger partial charge in [-0.3, -0.25) is 9.59 Å². The van der Waals surface area contributed by atoms with Crippen molar-refractivity contribution >= 4 is 35.3 Å². The molecule has 0 saturated carbocycles. The van der Waals surface area contributed by atoms with Gasteiger partial charge in [0.1, 0.15) is 11.8 Å². The third-order valence-electron chi connectivity index (χ3n) is 5.83. The van der Waals surface area contributed by atoms with E-state index in [4.69, 9.17) is 4.74 Å². The fraction of sp³-hybridized carbons (Fsp3) is 0.348. The molecule has 4 rings (SSSR count). The molecule has 1 N–H and O–H groups in total. The number of imide groups is 1. The normalized spacial score (nSPS) is 20.6. The van der Waals surface area contributed by atoms with Gasteiger partial charge in [0, 0.05) is 17.5 Å². The second-order valence-electron chi connectivity index (χ2n) is 7.76. The molecule has 162 valence electrons. The van der Waals surface area contributed by atoms with E-state index in [0.717, 1.165) is 10.5 Å². The number of carbonyl (C=O) groups is 3. The van der Waals surface area contributed by atoms with E-state index in [1.807, 2.05) is 37.4 Å². The number of carbonyl (C=O) groups excluding carboxylic acids is 3. The lowest BCUT2D eigenvalue weighted by Crippen LogP contribution is -2.49. The van der Waals surface area contributed by atoms with Crippen molar-refractivity contribution in [3.05, 3.63) is 53.6 Å². The maximum atomic E-state index is 13.0. The van der Waals surface area contributed by atoms with Gasteiger partial charge in [-0.2, -0.15) is 0 Å². The number of hydrogen-bond acceptors (Lipinski definition) is 5. The van der Waals surface area contributed by atoms with Gasteiger partial charge in [0.25, 0.3) is 11.8 Å². The van der Waals surface area contributed by atoms with Crippen molar-refractivity contribution in [1.29, 1.82) is 0 Å². The highest BCUT2D eigenvalue weighted by Crippen LogP contribution is 2.31. The van der Waals surface area contributed by atoms with Gasteiger partial charge in [-0.05, 0) is 56.4 Å². The van der Waals surface area contributed by atoms with E-state index in [9.17, 15) is 14.4 Å². The quantitative estimate of drug-likeness (QED) is 0.570.